The van der Waals surface area contributed by atoms with Gasteiger partial charge in [0.2, 0.25) is 0 Å². The van der Waals surface area contributed by atoms with Crippen LogP contribution < -0.4 is 0 Å². The van der Waals surface area contributed by atoms with Gasteiger partial charge in [0.1, 0.15) is 6.29 Å². The van der Waals surface area contributed by atoms with Crippen LogP contribution in [0.25, 0.3) is 0 Å². The predicted octanol–water partition coefficient (Wildman–Crippen LogP) is 2.04. The normalized spacial score (nSPS) is 19.0. The van der Waals surface area contributed by atoms with E-state index in [9.17, 15) is 9.90 Å². The summed E-state index contributed by atoms with van der Waals surface area (Å²) in [5.41, 5.74) is 1.33. The third-order valence-corrected chi connectivity index (χ3v) is 3.87. The maximum atomic E-state index is 10.6. The number of tetrazole rings is 1. The first-order chi connectivity index (χ1) is 10.8. The Labute approximate surface area is 128 Å². The Bertz CT molecular complexity index is 663. The smallest absolute Gasteiger partial charge is 0.177 e. The van der Waals surface area contributed by atoms with Crippen LogP contribution in [-0.2, 0) is 6.42 Å². The molecule has 1 aromatic heterocycles. The molecule has 0 bridgehead atoms. The lowest BCUT2D eigenvalue weighted by molar-refractivity contribution is 0.112. The Kier molecular flexibility index (Phi) is 4.39. The number of carbonyl (C=O) groups is 1. The van der Waals surface area contributed by atoms with Crippen LogP contribution in [0.4, 0.5) is 0 Å². The number of allylic oxidation sites excluding steroid dienone is 2. The molecular formula is C16H18N4O2. The van der Waals surface area contributed by atoms with E-state index in [0.717, 1.165) is 31.1 Å². The minimum Gasteiger partial charge on any atom is -0.388 e. The minimum atomic E-state index is -0.704. The fourth-order valence-corrected chi connectivity index (χ4v) is 2.57. The van der Waals surface area contributed by atoms with Gasteiger partial charge in [0.05, 0.1) is 12.1 Å². The van der Waals surface area contributed by atoms with Gasteiger partial charge in [0.15, 0.2) is 5.82 Å². The summed E-state index contributed by atoms with van der Waals surface area (Å²) in [5, 5.41) is 22.7. The highest BCUT2D eigenvalue weighted by Gasteiger charge is 2.17. The average molecular weight is 298 g/mol. The zero-order valence-electron chi connectivity index (χ0n) is 12.2. The van der Waals surface area contributed by atoms with Crippen molar-refractivity contribution in [3.05, 3.63) is 53.4 Å². The molecular weight excluding hydrogens is 280 g/mol. The van der Waals surface area contributed by atoms with Crippen molar-refractivity contribution in [2.75, 3.05) is 0 Å². The van der Waals surface area contributed by atoms with Gasteiger partial charge in [0.25, 0.3) is 0 Å². The number of hydrogen-bond acceptors (Lipinski definition) is 5. The summed E-state index contributed by atoms with van der Waals surface area (Å²) in [6.45, 7) is 0. The highest BCUT2D eigenvalue weighted by atomic mass is 16.3. The van der Waals surface area contributed by atoms with Crippen molar-refractivity contribution in [1.29, 1.82) is 0 Å². The van der Waals surface area contributed by atoms with E-state index in [4.69, 9.17) is 0 Å². The van der Waals surface area contributed by atoms with Crippen molar-refractivity contribution in [2.45, 2.75) is 37.8 Å². The van der Waals surface area contributed by atoms with Gasteiger partial charge in [-0.3, -0.25) is 4.79 Å². The Morgan fingerprint density at radius 1 is 1.32 bits per heavy atom. The van der Waals surface area contributed by atoms with E-state index >= 15 is 0 Å². The topological polar surface area (TPSA) is 80.9 Å². The van der Waals surface area contributed by atoms with E-state index < -0.39 is 6.10 Å². The number of nitrogens with zero attached hydrogens (tertiary/aromatic N) is 4. The van der Waals surface area contributed by atoms with Crippen LogP contribution in [0.3, 0.4) is 0 Å². The van der Waals surface area contributed by atoms with Crippen LogP contribution in [0, 0.1) is 0 Å². The molecule has 6 nitrogen and oxygen atoms in total. The molecule has 2 atom stereocenters. The van der Waals surface area contributed by atoms with Crippen molar-refractivity contribution in [2.24, 2.45) is 0 Å². The van der Waals surface area contributed by atoms with Gasteiger partial charge in [-0.2, -0.15) is 4.80 Å². The van der Waals surface area contributed by atoms with Gasteiger partial charge in [-0.1, -0.05) is 36.4 Å². The number of benzene rings is 1. The summed E-state index contributed by atoms with van der Waals surface area (Å²) in [5.74, 6) is 0.529. The summed E-state index contributed by atoms with van der Waals surface area (Å²) in [7, 11) is 0. The highest BCUT2D eigenvalue weighted by molar-refractivity contribution is 5.74. The lowest BCUT2D eigenvalue weighted by atomic mass is 10.0. The molecule has 0 saturated carbocycles. The van der Waals surface area contributed by atoms with Crippen molar-refractivity contribution >= 4 is 6.29 Å². The quantitative estimate of drug-likeness (QED) is 0.675. The number of hydrogen-bond donors (Lipinski definition) is 1. The lowest BCUT2D eigenvalue weighted by Crippen LogP contribution is -2.14. The van der Waals surface area contributed by atoms with E-state index in [-0.39, 0.29) is 6.04 Å². The van der Waals surface area contributed by atoms with Gasteiger partial charge in [0, 0.05) is 12.0 Å². The van der Waals surface area contributed by atoms with Gasteiger partial charge in [-0.15, -0.1) is 10.2 Å². The standard InChI is InChI=1S/C16H18N4O2/c21-11-12-6-8-13(9-7-12)15(22)10-16-17-19-20(18-16)14-4-2-1-3-5-14/h1-2,6-9,11,14-15,22H,3-5,10H2. The van der Waals surface area contributed by atoms with Crippen molar-refractivity contribution < 1.29 is 9.90 Å². The van der Waals surface area contributed by atoms with Gasteiger partial charge in [-0.05, 0) is 30.0 Å². The summed E-state index contributed by atoms with van der Waals surface area (Å²) in [4.78, 5) is 12.3. The zero-order valence-corrected chi connectivity index (χ0v) is 12.2. The first-order valence-corrected chi connectivity index (χ1v) is 7.43. The molecule has 114 valence electrons. The second kappa shape index (κ2) is 6.62. The second-order valence-electron chi connectivity index (χ2n) is 5.47. The van der Waals surface area contributed by atoms with Gasteiger partial charge >= 0.3 is 0 Å². The maximum Gasteiger partial charge on any atom is 0.177 e. The van der Waals surface area contributed by atoms with E-state index in [2.05, 4.69) is 27.6 Å². The number of aliphatic hydroxyl groups excluding tert-OH is 1. The van der Waals surface area contributed by atoms with Crippen LogP contribution in [0.1, 0.15) is 53.2 Å². The van der Waals surface area contributed by atoms with Crippen LogP contribution in [-0.4, -0.2) is 31.6 Å². The molecule has 22 heavy (non-hydrogen) atoms. The molecule has 1 aliphatic carbocycles. The summed E-state index contributed by atoms with van der Waals surface area (Å²) in [6.07, 6.45) is 7.66. The minimum absolute atomic E-state index is 0.260. The molecule has 0 fully saturated rings. The predicted molar refractivity (Wildman–Crippen MR) is 80.3 cm³/mol. The lowest BCUT2D eigenvalue weighted by Gasteiger charge is -2.15. The molecule has 1 N–H and O–H groups in total. The van der Waals surface area contributed by atoms with Crippen molar-refractivity contribution in [1.82, 2.24) is 20.2 Å². The van der Waals surface area contributed by atoms with Gasteiger partial charge < -0.3 is 5.11 Å². The summed E-state index contributed by atoms with van der Waals surface area (Å²) in [6, 6.07) is 7.11. The third kappa shape index (κ3) is 3.28. The molecule has 1 heterocycles. The molecule has 0 radical (unpaired) electrons. The monoisotopic (exact) mass is 298 g/mol. The molecule has 1 aliphatic rings. The molecule has 0 spiro atoms. The van der Waals surface area contributed by atoms with Gasteiger partial charge in [-0.25, -0.2) is 0 Å². The summed E-state index contributed by atoms with van der Waals surface area (Å²) < 4.78 is 0. The number of carbonyl (C=O) groups excluding carboxylic acids is 1. The first kappa shape index (κ1) is 14.6. The second-order valence-corrected chi connectivity index (χ2v) is 5.47. The van der Waals surface area contributed by atoms with Crippen LogP contribution in [0.15, 0.2) is 36.4 Å². The number of aromatic nitrogens is 4. The Morgan fingerprint density at radius 2 is 2.14 bits per heavy atom. The molecule has 6 heteroatoms. The van der Waals surface area contributed by atoms with Crippen molar-refractivity contribution in [3.8, 4) is 0 Å². The van der Waals surface area contributed by atoms with Crippen LogP contribution >= 0.6 is 0 Å². The Balaban J connectivity index is 1.65. The van der Waals surface area contributed by atoms with Crippen molar-refractivity contribution in [3.63, 3.8) is 0 Å². The average Bonchev–Trinajstić information content (AvgIpc) is 3.04. The fourth-order valence-electron chi connectivity index (χ4n) is 2.57. The molecule has 2 unspecified atom stereocenters. The molecule has 0 saturated heterocycles. The maximum absolute atomic E-state index is 10.6. The largest absolute Gasteiger partial charge is 0.388 e. The number of rotatable bonds is 5. The number of aldehydes is 1. The zero-order chi connectivity index (χ0) is 15.4. The molecule has 1 aromatic carbocycles. The van der Waals surface area contributed by atoms with E-state index in [1.165, 1.54) is 0 Å². The number of aliphatic hydroxyl groups is 1. The fraction of sp³-hybridized carbons (Fsp3) is 0.375. The SMILES string of the molecule is O=Cc1ccc(C(O)Cc2nnn(C3CC=CCC3)n2)cc1. The van der Waals surface area contributed by atoms with E-state index in [1.807, 2.05) is 0 Å². The Morgan fingerprint density at radius 3 is 2.82 bits per heavy atom. The summed E-state index contributed by atoms with van der Waals surface area (Å²) >= 11 is 0. The molecule has 0 amide bonds. The Hall–Kier alpha value is -2.34. The first-order valence-electron chi connectivity index (χ1n) is 7.43. The van der Waals surface area contributed by atoms with Crippen LogP contribution in [0.2, 0.25) is 0 Å². The third-order valence-electron chi connectivity index (χ3n) is 3.87. The highest BCUT2D eigenvalue weighted by Crippen LogP contribution is 2.22. The van der Waals surface area contributed by atoms with E-state index in [1.54, 1.807) is 29.1 Å². The molecule has 3 rings (SSSR count). The van der Waals surface area contributed by atoms with E-state index in [0.29, 0.717) is 17.8 Å². The molecule has 0 aliphatic heterocycles. The molecule has 2 aromatic rings. The van der Waals surface area contributed by atoms with Crippen LogP contribution in [0.5, 0.6) is 0 Å².